The Morgan fingerprint density at radius 3 is 2.65 bits per heavy atom. The van der Waals surface area contributed by atoms with E-state index in [1.54, 1.807) is 41.5 Å². The lowest BCUT2D eigenvalue weighted by Crippen LogP contribution is -2.16. The number of hydrogen-bond donors (Lipinski definition) is 3. The first-order valence-corrected chi connectivity index (χ1v) is 11.2. The molecule has 0 bridgehead atoms. The van der Waals surface area contributed by atoms with Crippen molar-refractivity contribution in [3.8, 4) is 5.75 Å². The molecule has 10 heteroatoms. The molecule has 3 aromatic rings. The predicted octanol–water partition coefficient (Wildman–Crippen LogP) is 2.66. The molecule has 0 atom stereocenters. The van der Waals surface area contributed by atoms with Gasteiger partial charge in [-0.3, -0.25) is 9.59 Å². The van der Waals surface area contributed by atoms with Crippen molar-refractivity contribution >= 4 is 33.0 Å². The van der Waals surface area contributed by atoms with Gasteiger partial charge in [-0.1, -0.05) is 13.0 Å². The summed E-state index contributed by atoms with van der Waals surface area (Å²) in [4.78, 5) is 28.7. The monoisotopic (exact) mass is 442 g/mol. The number of carbonyl (C=O) groups is 2. The quantitative estimate of drug-likeness (QED) is 0.460. The predicted molar refractivity (Wildman–Crippen MR) is 116 cm³/mol. The maximum absolute atomic E-state index is 12.6. The van der Waals surface area contributed by atoms with Crippen molar-refractivity contribution < 1.29 is 23.1 Å². The molecule has 1 aromatic heterocycles. The first-order chi connectivity index (χ1) is 14.8. The van der Waals surface area contributed by atoms with Gasteiger partial charge >= 0.3 is 0 Å². The van der Waals surface area contributed by atoms with E-state index in [-0.39, 0.29) is 40.0 Å². The van der Waals surface area contributed by atoms with Crippen LogP contribution in [0.5, 0.6) is 5.75 Å². The third kappa shape index (κ3) is 5.70. The van der Waals surface area contributed by atoms with Gasteiger partial charge in [-0.2, -0.15) is 0 Å². The van der Waals surface area contributed by atoms with Gasteiger partial charge in [0.1, 0.15) is 5.75 Å². The summed E-state index contributed by atoms with van der Waals surface area (Å²) in [6.07, 6.45) is 5.24. The van der Waals surface area contributed by atoms with Gasteiger partial charge in [0.15, 0.2) is 9.84 Å². The number of aromatic hydroxyl groups is 1. The van der Waals surface area contributed by atoms with E-state index in [1.165, 1.54) is 31.2 Å². The first kappa shape index (κ1) is 22.0. The molecule has 1 heterocycles. The van der Waals surface area contributed by atoms with E-state index >= 15 is 0 Å². The van der Waals surface area contributed by atoms with Crippen LogP contribution in [0.4, 0.5) is 11.4 Å². The number of aromatic nitrogens is 2. The van der Waals surface area contributed by atoms with Crippen LogP contribution in [0.3, 0.4) is 0 Å². The molecule has 0 aliphatic carbocycles. The topological polar surface area (TPSA) is 130 Å². The minimum atomic E-state index is -3.50. The molecule has 3 N–H and O–H groups in total. The van der Waals surface area contributed by atoms with Gasteiger partial charge in [0, 0.05) is 36.6 Å². The standard InChI is InChI=1S/C21H22N4O5S/c1-2-31(29,30)17-6-7-19(26)18(13-17)24-21(28)15-4-3-5-16(12-15)23-20(27)8-10-25-11-9-22-14-25/h3-7,9,11-14,26H,2,8,10H2,1H3,(H,23,27)(H,24,28). The lowest BCUT2D eigenvalue weighted by molar-refractivity contribution is -0.116. The summed E-state index contributed by atoms with van der Waals surface area (Å²) in [5.41, 5.74) is 0.652. The van der Waals surface area contributed by atoms with Gasteiger partial charge in [0.2, 0.25) is 5.91 Å². The molecule has 0 unspecified atom stereocenters. The van der Waals surface area contributed by atoms with Gasteiger partial charge in [-0.25, -0.2) is 13.4 Å². The highest BCUT2D eigenvalue weighted by molar-refractivity contribution is 7.91. The van der Waals surface area contributed by atoms with Crippen molar-refractivity contribution in [1.82, 2.24) is 9.55 Å². The van der Waals surface area contributed by atoms with Gasteiger partial charge in [-0.15, -0.1) is 0 Å². The van der Waals surface area contributed by atoms with Crippen LogP contribution in [-0.2, 0) is 21.2 Å². The number of hydrogen-bond acceptors (Lipinski definition) is 6. The minimum Gasteiger partial charge on any atom is -0.506 e. The zero-order valence-electron chi connectivity index (χ0n) is 16.8. The van der Waals surface area contributed by atoms with E-state index in [4.69, 9.17) is 0 Å². The van der Waals surface area contributed by atoms with Crippen LogP contribution in [-0.4, -0.2) is 40.6 Å². The molecule has 3 rings (SSSR count). The molecule has 9 nitrogen and oxygen atoms in total. The summed E-state index contributed by atoms with van der Waals surface area (Å²) in [7, 11) is -3.50. The maximum Gasteiger partial charge on any atom is 0.255 e. The third-order valence-electron chi connectivity index (χ3n) is 4.52. The Kier molecular flexibility index (Phi) is 6.71. The molecule has 0 saturated carbocycles. The number of amides is 2. The van der Waals surface area contributed by atoms with Crippen LogP contribution in [0.2, 0.25) is 0 Å². The van der Waals surface area contributed by atoms with E-state index in [9.17, 15) is 23.1 Å². The summed E-state index contributed by atoms with van der Waals surface area (Å²) in [6, 6.07) is 10.0. The fourth-order valence-electron chi connectivity index (χ4n) is 2.78. The number of rotatable bonds is 8. The summed E-state index contributed by atoms with van der Waals surface area (Å²) in [5, 5.41) is 15.2. The van der Waals surface area contributed by atoms with Crippen molar-refractivity contribution in [1.29, 1.82) is 0 Å². The Balaban J connectivity index is 1.69. The largest absolute Gasteiger partial charge is 0.506 e. The lowest BCUT2D eigenvalue weighted by Gasteiger charge is -2.11. The summed E-state index contributed by atoms with van der Waals surface area (Å²) >= 11 is 0. The summed E-state index contributed by atoms with van der Waals surface area (Å²) < 4.78 is 25.9. The SMILES string of the molecule is CCS(=O)(=O)c1ccc(O)c(NC(=O)c2cccc(NC(=O)CCn3ccnc3)c2)c1. The highest BCUT2D eigenvalue weighted by Crippen LogP contribution is 2.27. The van der Waals surface area contributed by atoms with Crippen LogP contribution in [0.1, 0.15) is 23.7 Å². The number of nitrogens with one attached hydrogen (secondary N) is 2. The maximum atomic E-state index is 12.6. The smallest absolute Gasteiger partial charge is 0.255 e. The van der Waals surface area contributed by atoms with Gasteiger partial charge < -0.3 is 20.3 Å². The van der Waals surface area contributed by atoms with Crippen molar-refractivity contribution in [3.63, 3.8) is 0 Å². The number of sulfone groups is 1. The fraction of sp³-hybridized carbons (Fsp3) is 0.190. The molecule has 31 heavy (non-hydrogen) atoms. The second kappa shape index (κ2) is 9.43. The number of benzene rings is 2. The molecule has 0 fully saturated rings. The number of nitrogens with zero attached hydrogens (tertiary/aromatic N) is 2. The van der Waals surface area contributed by atoms with Crippen LogP contribution >= 0.6 is 0 Å². The van der Waals surface area contributed by atoms with Crippen LogP contribution in [0.25, 0.3) is 0 Å². The van der Waals surface area contributed by atoms with E-state index in [0.29, 0.717) is 12.2 Å². The van der Waals surface area contributed by atoms with E-state index < -0.39 is 15.7 Å². The molecule has 2 aromatic carbocycles. The zero-order valence-corrected chi connectivity index (χ0v) is 17.6. The van der Waals surface area contributed by atoms with E-state index in [2.05, 4.69) is 15.6 Å². The molecule has 0 aliphatic rings. The van der Waals surface area contributed by atoms with Crippen LogP contribution in [0.15, 0.2) is 66.1 Å². The normalized spacial score (nSPS) is 11.1. The number of phenols is 1. The van der Waals surface area contributed by atoms with E-state index in [0.717, 1.165) is 0 Å². The Morgan fingerprint density at radius 2 is 1.94 bits per heavy atom. The second-order valence-corrected chi connectivity index (χ2v) is 8.99. The van der Waals surface area contributed by atoms with Crippen molar-refractivity contribution in [2.45, 2.75) is 24.8 Å². The van der Waals surface area contributed by atoms with Crippen molar-refractivity contribution in [3.05, 3.63) is 66.7 Å². The minimum absolute atomic E-state index is 0.00186. The van der Waals surface area contributed by atoms with Gasteiger partial charge in [0.25, 0.3) is 5.91 Å². The molecule has 0 radical (unpaired) electrons. The van der Waals surface area contributed by atoms with Crippen LogP contribution < -0.4 is 10.6 Å². The zero-order chi connectivity index (χ0) is 22.4. The molecule has 162 valence electrons. The Bertz CT molecular complexity index is 1190. The Labute approximate surface area is 179 Å². The number of aryl methyl sites for hydroxylation is 1. The van der Waals surface area contributed by atoms with Crippen LogP contribution in [0, 0.1) is 0 Å². The van der Waals surface area contributed by atoms with E-state index in [1.807, 2.05) is 0 Å². The Hall–Kier alpha value is -3.66. The highest BCUT2D eigenvalue weighted by atomic mass is 32.2. The second-order valence-electron chi connectivity index (χ2n) is 6.72. The molecular weight excluding hydrogens is 420 g/mol. The summed E-state index contributed by atoms with van der Waals surface area (Å²) in [6.45, 7) is 1.98. The first-order valence-electron chi connectivity index (χ1n) is 9.51. The Morgan fingerprint density at radius 1 is 1.13 bits per heavy atom. The number of anilines is 2. The van der Waals surface area contributed by atoms with Crippen molar-refractivity contribution in [2.75, 3.05) is 16.4 Å². The molecule has 0 aliphatic heterocycles. The average molecular weight is 442 g/mol. The number of imidazole rings is 1. The fourth-order valence-corrected chi connectivity index (χ4v) is 3.69. The molecular formula is C21H22N4O5S. The highest BCUT2D eigenvalue weighted by Gasteiger charge is 2.16. The lowest BCUT2D eigenvalue weighted by atomic mass is 10.1. The number of phenolic OH excluding ortho intramolecular Hbond substituents is 1. The van der Waals surface area contributed by atoms with Gasteiger partial charge in [0.05, 0.1) is 22.7 Å². The third-order valence-corrected chi connectivity index (χ3v) is 6.25. The molecule has 0 spiro atoms. The summed E-state index contributed by atoms with van der Waals surface area (Å²) in [5.74, 6) is -1.14. The average Bonchev–Trinajstić information content (AvgIpc) is 3.27. The molecule has 0 saturated heterocycles. The van der Waals surface area contributed by atoms with Crippen molar-refractivity contribution in [2.24, 2.45) is 0 Å². The number of carbonyl (C=O) groups excluding carboxylic acids is 2. The molecule has 2 amide bonds. The van der Waals surface area contributed by atoms with Gasteiger partial charge in [-0.05, 0) is 36.4 Å².